The van der Waals surface area contributed by atoms with E-state index in [-0.39, 0.29) is 11.6 Å². The standard InChI is InChI=1S/C29H36N6O/c1-5-26(28-31-32-33-35(28)25-8-6-7-9-25)34(17-22-12-10-19(2)11-13-22)18-24-16-23-15-20(3)14-21(4)27(23)30-29(24)36/h10-16,25-26H,5-9,17-18H2,1-4H3,(H,30,36)/t26-/m1/s1. The maximum Gasteiger partial charge on any atom is 0.252 e. The Bertz CT molecular complexity index is 1400. The molecule has 7 heteroatoms. The van der Waals surface area contributed by atoms with Crippen LogP contribution < -0.4 is 5.56 Å². The summed E-state index contributed by atoms with van der Waals surface area (Å²) in [4.78, 5) is 18.8. The van der Waals surface area contributed by atoms with Gasteiger partial charge in [0.2, 0.25) is 0 Å². The second kappa shape index (κ2) is 10.3. The predicted octanol–water partition coefficient (Wildman–Crippen LogP) is 5.71. The predicted molar refractivity (Wildman–Crippen MR) is 143 cm³/mol. The van der Waals surface area contributed by atoms with Crippen molar-refractivity contribution < 1.29 is 0 Å². The molecule has 5 rings (SSSR count). The molecule has 0 bridgehead atoms. The molecule has 188 valence electrons. The summed E-state index contributed by atoms with van der Waals surface area (Å²) in [6.07, 6.45) is 5.53. The summed E-state index contributed by atoms with van der Waals surface area (Å²) < 4.78 is 2.06. The van der Waals surface area contributed by atoms with Gasteiger partial charge in [-0.25, -0.2) is 4.68 Å². The van der Waals surface area contributed by atoms with Crippen LogP contribution in [0.25, 0.3) is 10.9 Å². The number of hydrogen-bond acceptors (Lipinski definition) is 5. The van der Waals surface area contributed by atoms with E-state index in [0.717, 1.165) is 47.1 Å². The number of pyridine rings is 1. The Labute approximate surface area is 212 Å². The second-order valence-electron chi connectivity index (χ2n) is 10.4. The zero-order chi connectivity index (χ0) is 25.2. The van der Waals surface area contributed by atoms with Crippen LogP contribution in [-0.2, 0) is 13.1 Å². The lowest BCUT2D eigenvalue weighted by Crippen LogP contribution is -2.32. The van der Waals surface area contributed by atoms with Crippen molar-refractivity contribution in [1.82, 2.24) is 30.1 Å². The topological polar surface area (TPSA) is 79.7 Å². The Morgan fingerprint density at radius 1 is 1.03 bits per heavy atom. The van der Waals surface area contributed by atoms with Crippen LogP contribution in [0, 0.1) is 20.8 Å². The zero-order valence-electron chi connectivity index (χ0n) is 21.8. The lowest BCUT2D eigenvalue weighted by atomic mass is 10.0. The van der Waals surface area contributed by atoms with Gasteiger partial charge in [0.25, 0.3) is 5.56 Å². The van der Waals surface area contributed by atoms with Gasteiger partial charge < -0.3 is 4.98 Å². The molecule has 1 fully saturated rings. The van der Waals surface area contributed by atoms with Gasteiger partial charge in [-0.1, -0.05) is 61.2 Å². The quantitative estimate of drug-likeness (QED) is 0.347. The summed E-state index contributed by atoms with van der Waals surface area (Å²) in [5, 5.41) is 14.1. The van der Waals surface area contributed by atoms with Crippen LogP contribution in [0.15, 0.2) is 47.3 Å². The molecule has 1 aliphatic carbocycles. The molecular formula is C29H36N6O. The highest BCUT2D eigenvalue weighted by Gasteiger charge is 2.29. The molecule has 0 amide bonds. The van der Waals surface area contributed by atoms with Crippen LogP contribution in [0.5, 0.6) is 0 Å². The number of nitrogens with one attached hydrogen (secondary N) is 1. The number of aromatic nitrogens is 5. The van der Waals surface area contributed by atoms with E-state index < -0.39 is 0 Å². The number of benzene rings is 2. The molecule has 1 N–H and O–H groups in total. The summed E-state index contributed by atoms with van der Waals surface area (Å²) >= 11 is 0. The van der Waals surface area contributed by atoms with Crippen molar-refractivity contribution in [3.8, 4) is 0 Å². The van der Waals surface area contributed by atoms with Gasteiger partial charge in [0.1, 0.15) is 0 Å². The first-order valence-corrected chi connectivity index (χ1v) is 13.1. The minimum atomic E-state index is -0.0337. The van der Waals surface area contributed by atoms with E-state index >= 15 is 0 Å². The Balaban J connectivity index is 1.55. The highest BCUT2D eigenvalue weighted by Crippen LogP contribution is 2.33. The summed E-state index contributed by atoms with van der Waals surface area (Å²) in [5.74, 6) is 0.903. The molecule has 0 spiro atoms. The molecule has 2 aromatic heterocycles. The summed E-state index contributed by atoms with van der Waals surface area (Å²) in [5.41, 5.74) is 6.37. The number of hydrogen-bond donors (Lipinski definition) is 1. The minimum absolute atomic E-state index is 0.00348. The van der Waals surface area contributed by atoms with E-state index in [1.165, 1.54) is 29.5 Å². The van der Waals surface area contributed by atoms with Crippen LogP contribution >= 0.6 is 0 Å². The maximum atomic E-state index is 13.2. The van der Waals surface area contributed by atoms with Gasteiger partial charge >= 0.3 is 0 Å². The number of H-pyrrole nitrogens is 1. The highest BCUT2D eigenvalue weighted by molar-refractivity contribution is 5.82. The van der Waals surface area contributed by atoms with Crippen molar-refractivity contribution in [2.45, 2.75) is 85.0 Å². The summed E-state index contributed by atoms with van der Waals surface area (Å²) in [6, 6.07) is 15.3. The number of rotatable bonds is 8. The van der Waals surface area contributed by atoms with Crippen molar-refractivity contribution in [3.05, 3.63) is 86.5 Å². The van der Waals surface area contributed by atoms with Crippen molar-refractivity contribution in [3.63, 3.8) is 0 Å². The van der Waals surface area contributed by atoms with Gasteiger partial charge in [-0.2, -0.15) is 0 Å². The number of nitrogens with zero attached hydrogens (tertiary/aromatic N) is 5. The average Bonchev–Trinajstić information content (AvgIpc) is 3.54. The molecule has 1 atom stereocenters. The largest absolute Gasteiger partial charge is 0.321 e. The summed E-state index contributed by atoms with van der Waals surface area (Å²) in [6.45, 7) is 9.65. The molecule has 1 saturated carbocycles. The van der Waals surface area contributed by atoms with Crippen LogP contribution in [0.1, 0.15) is 84.8 Å². The van der Waals surface area contributed by atoms with Crippen molar-refractivity contribution in [2.24, 2.45) is 0 Å². The third-order valence-corrected chi connectivity index (χ3v) is 7.56. The molecule has 2 heterocycles. The molecule has 2 aromatic carbocycles. The molecule has 0 radical (unpaired) electrons. The van der Waals surface area contributed by atoms with Gasteiger partial charge in [-0.3, -0.25) is 9.69 Å². The number of aryl methyl sites for hydroxylation is 3. The molecule has 7 nitrogen and oxygen atoms in total. The smallest absolute Gasteiger partial charge is 0.252 e. The molecule has 36 heavy (non-hydrogen) atoms. The van der Waals surface area contributed by atoms with Gasteiger partial charge in [-0.15, -0.1) is 5.10 Å². The van der Waals surface area contributed by atoms with Gasteiger partial charge in [0, 0.05) is 18.7 Å². The third-order valence-electron chi connectivity index (χ3n) is 7.56. The third kappa shape index (κ3) is 4.98. The lowest BCUT2D eigenvalue weighted by Gasteiger charge is -2.31. The van der Waals surface area contributed by atoms with Crippen LogP contribution in [0.4, 0.5) is 0 Å². The van der Waals surface area contributed by atoms with Gasteiger partial charge in [0.05, 0.1) is 17.6 Å². The van der Waals surface area contributed by atoms with E-state index in [1.807, 2.05) is 6.92 Å². The fourth-order valence-electron chi connectivity index (χ4n) is 5.71. The zero-order valence-corrected chi connectivity index (χ0v) is 21.8. The first-order valence-electron chi connectivity index (χ1n) is 13.1. The van der Waals surface area contributed by atoms with Crippen LogP contribution in [0.3, 0.4) is 0 Å². The van der Waals surface area contributed by atoms with E-state index in [9.17, 15) is 4.79 Å². The molecule has 4 aromatic rings. The van der Waals surface area contributed by atoms with Gasteiger partial charge in [-0.05, 0) is 79.1 Å². The summed E-state index contributed by atoms with van der Waals surface area (Å²) in [7, 11) is 0. The molecule has 0 aliphatic heterocycles. The molecule has 1 aliphatic rings. The number of aromatic amines is 1. The van der Waals surface area contributed by atoms with E-state index in [0.29, 0.717) is 19.1 Å². The number of tetrazole rings is 1. The Hall–Kier alpha value is -3.32. The van der Waals surface area contributed by atoms with E-state index in [2.05, 4.69) is 93.3 Å². The Kier molecular flexibility index (Phi) is 7.01. The van der Waals surface area contributed by atoms with E-state index in [1.54, 1.807) is 0 Å². The van der Waals surface area contributed by atoms with E-state index in [4.69, 9.17) is 0 Å². The highest BCUT2D eigenvalue weighted by atomic mass is 16.1. The fourth-order valence-corrected chi connectivity index (χ4v) is 5.71. The maximum absolute atomic E-state index is 13.2. The Morgan fingerprint density at radius 2 is 1.78 bits per heavy atom. The monoisotopic (exact) mass is 484 g/mol. The lowest BCUT2D eigenvalue weighted by molar-refractivity contribution is 0.158. The molecule has 0 saturated heterocycles. The number of fused-ring (bicyclic) bond motifs is 1. The fraction of sp³-hybridized carbons (Fsp3) is 0.448. The second-order valence-corrected chi connectivity index (χ2v) is 10.4. The van der Waals surface area contributed by atoms with Crippen LogP contribution in [-0.4, -0.2) is 30.1 Å². The first-order chi connectivity index (χ1) is 17.4. The SMILES string of the molecule is CC[C@H](c1nnnn1C1CCCC1)N(Cc1ccc(C)cc1)Cc1cc2cc(C)cc(C)c2[nH]c1=O. The Morgan fingerprint density at radius 3 is 2.50 bits per heavy atom. The minimum Gasteiger partial charge on any atom is -0.321 e. The van der Waals surface area contributed by atoms with Crippen LogP contribution in [0.2, 0.25) is 0 Å². The average molecular weight is 485 g/mol. The van der Waals surface area contributed by atoms with Crippen molar-refractivity contribution >= 4 is 10.9 Å². The van der Waals surface area contributed by atoms with Crippen molar-refractivity contribution in [1.29, 1.82) is 0 Å². The van der Waals surface area contributed by atoms with Gasteiger partial charge in [0.15, 0.2) is 5.82 Å². The first kappa shape index (κ1) is 24.4. The molecular weight excluding hydrogens is 448 g/mol. The normalized spacial score (nSPS) is 15.2. The van der Waals surface area contributed by atoms with Crippen molar-refractivity contribution in [2.75, 3.05) is 0 Å². The molecule has 0 unspecified atom stereocenters.